The summed E-state index contributed by atoms with van der Waals surface area (Å²) in [5.41, 5.74) is 0. The van der Waals surface area contributed by atoms with E-state index in [-0.39, 0.29) is 32.0 Å². The van der Waals surface area contributed by atoms with Crippen LogP contribution in [0.25, 0.3) is 0 Å². The number of hydrogen-bond donors (Lipinski definition) is 1. The van der Waals surface area contributed by atoms with E-state index < -0.39 is 26.5 Å². The van der Waals surface area contributed by atoms with Crippen LogP contribution in [0.5, 0.6) is 0 Å². The molecule has 0 fully saturated rings. The number of esters is 2. The second kappa shape index (κ2) is 48.9. The molecule has 2 atom stereocenters. The van der Waals surface area contributed by atoms with Crippen molar-refractivity contribution in [1.29, 1.82) is 0 Å². The number of phosphoric ester groups is 1. The number of quaternary nitrogens is 1. The molecule has 68 heavy (non-hydrogen) atoms. The van der Waals surface area contributed by atoms with E-state index in [1.165, 1.54) is 64.2 Å². The Morgan fingerprint density at radius 1 is 0.471 bits per heavy atom. The molecule has 0 amide bonds. The van der Waals surface area contributed by atoms with Crippen LogP contribution >= 0.6 is 7.82 Å². The first kappa shape index (κ1) is 64.9. The Balaban J connectivity index is 4.22. The van der Waals surface area contributed by atoms with Crippen LogP contribution in [-0.4, -0.2) is 74.9 Å². The van der Waals surface area contributed by atoms with Gasteiger partial charge in [0.2, 0.25) is 0 Å². The third-order valence-corrected chi connectivity index (χ3v) is 12.1. The maximum Gasteiger partial charge on any atom is 0.472 e. The highest BCUT2D eigenvalue weighted by atomic mass is 31.2. The van der Waals surface area contributed by atoms with Gasteiger partial charge in [-0.1, -0.05) is 195 Å². The number of unbranched alkanes of at least 4 members (excludes halogenated alkanes) is 18. The van der Waals surface area contributed by atoms with Gasteiger partial charge in [-0.2, -0.15) is 0 Å². The lowest BCUT2D eigenvalue weighted by Crippen LogP contribution is -2.37. The van der Waals surface area contributed by atoms with Gasteiger partial charge in [-0.15, -0.1) is 0 Å². The fourth-order valence-corrected chi connectivity index (χ4v) is 7.67. The van der Waals surface area contributed by atoms with Crippen molar-refractivity contribution < 1.29 is 42.1 Å². The second-order valence-electron chi connectivity index (χ2n) is 18.9. The standard InChI is InChI=1S/C58H100NO8P/c1-6-8-10-12-14-16-18-20-22-23-24-25-26-27-28-29-30-31-32-33-34-35-37-39-41-43-45-47-49-51-58(61)67-56(55-66-68(62,63)65-53-52-59(3,4)5)54-64-57(60)50-48-46-44-42-40-38-36-21-19-17-15-13-11-9-7-2/h8,10,14-17,20-22,24-25,27-28,30-31,36,56H,6-7,9,11-13,18-19,23,26,29,32-35,37-55H2,1-5H3/p+1/b10-8-,16-14-,17-15-,22-20-,25-24-,28-27-,31-30-,36-21-. The number of carbonyl (C=O) groups is 2. The normalized spacial score (nSPS) is 14.1. The summed E-state index contributed by atoms with van der Waals surface area (Å²) in [6.45, 7) is 4.26. The van der Waals surface area contributed by atoms with Crippen LogP contribution in [0.4, 0.5) is 0 Å². The van der Waals surface area contributed by atoms with Crippen molar-refractivity contribution in [2.75, 3.05) is 47.5 Å². The van der Waals surface area contributed by atoms with Crippen molar-refractivity contribution in [3.63, 3.8) is 0 Å². The minimum Gasteiger partial charge on any atom is -0.462 e. The molecular weight excluding hydrogens is 870 g/mol. The molecule has 0 aliphatic carbocycles. The number of nitrogens with zero attached hydrogens (tertiary/aromatic N) is 1. The molecular formula is C58H101NO8P+. The summed E-state index contributed by atoms with van der Waals surface area (Å²) in [6.07, 6.45) is 66.1. The summed E-state index contributed by atoms with van der Waals surface area (Å²) in [5.74, 6) is -0.824. The molecule has 9 nitrogen and oxygen atoms in total. The Morgan fingerprint density at radius 3 is 1.25 bits per heavy atom. The molecule has 0 heterocycles. The fourth-order valence-electron chi connectivity index (χ4n) is 6.93. The van der Waals surface area contributed by atoms with Gasteiger partial charge in [-0.25, -0.2) is 4.57 Å². The van der Waals surface area contributed by atoms with Crippen molar-refractivity contribution in [1.82, 2.24) is 0 Å². The first-order valence-electron chi connectivity index (χ1n) is 27.0. The summed E-state index contributed by atoms with van der Waals surface area (Å²) in [7, 11) is 1.45. The number of ether oxygens (including phenoxy) is 2. The molecule has 0 aliphatic rings. The van der Waals surface area contributed by atoms with Crippen LogP contribution in [0, 0.1) is 0 Å². The third-order valence-electron chi connectivity index (χ3n) is 11.1. The van der Waals surface area contributed by atoms with Crippen LogP contribution < -0.4 is 0 Å². The molecule has 1 N–H and O–H groups in total. The van der Waals surface area contributed by atoms with Crippen molar-refractivity contribution in [2.24, 2.45) is 0 Å². The van der Waals surface area contributed by atoms with Gasteiger partial charge in [0.25, 0.3) is 0 Å². The van der Waals surface area contributed by atoms with Crippen molar-refractivity contribution in [3.8, 4) is 0 Å². The maximum absolute atomic E-state index is 12.8. The SMILES string of the molecule is CC/C=C\C/C=C\C/C=C\C/C=C\C/C=C\C/C=C\CCCCCCCCCCCCC(=O)OC(COC(=O)CCCCCCC/C=C\C/C=C\CCCCC)COP(=O)(O)OCC[N+](C)(C)C. The molecule has 0 radical (unpaired) electrons. The third kappa shape index (κ3) is 52.3. The Bertz CT molecular complexity index is 1470. The quantitative estimate of drug-likeness (QED) is 0.0211. The van der Waals surface area contributed by atoms with E-state index in [2.05, 4.69) is 111 Å². The molecule has 0 aromatic carbocycles. The summed E-state index contributed by atoms with van der Waals surface area (Å²) in [4.78, 5) is 35.6. The van der Waals surface area contributed by atoms with E-state index in [0.717, 1.165) is 109 Å². The number of carbonyl (C=O) groups excluding carboxylic acids is 2. The number of rotatable bonds is 48. The molecule has 2 unspecified atom stereocenters. The molecule has 0 aliphatic heterocycles. The highest BCUT2D eigenvalue weighted by Gasteiger charge is 2.27. The average molecular weight is 971 g/mol. The van der Waals surface area contributed by atoms with Gasteiger partial charge in [0, 0.05) is 12.8 Å². The number of allylic oxidation sites excluding steroid dienone is 16. The van der Waals surface area contributed by atoms with Crippen LogP contribution in [0.1, 0.15) is 206 Å². The predicted molar refractivity (Wildman–Crippen MR) is 288 cm³/mol. The van der Waals surface area contributed by atoms with E-state index in [9.17, 15) is 19.0 Å². The van der Waals surface area contributed by atoms with Crippen LogP contribution in [0.2, 0.25) is 0 Å². The largest absolute Gasteiger partial charge is 0.472 e. The Labute approximate surface area is 417 Å². The Kier molecular flexibility index (Phi) is 46.7. The van der Waals surface area contributed by atoms with E-state index in [1.54, 1.807) is 0 Å². The molecule has 0 rings (SSSR count). The van der Waals surface area contributed by atoms with E-state index in [1.807, 2.05) is 21.1 Å². The van der Waals surface area contributed by atoms with Gasteiger partial charge in [-0.05, 0) is 96.3 Å². The fraction of sp³-hybridized carbons (Fsp3) is 0.690. The van der Waals surface area contributed by atoms with Gasteiger partial charge in [0.1, 0.15) is 19.8 Å². The van der Waals surface area contributed by atoms with E-state index in [0.29, 0.717) is 17.4 Å². The minimum atomic E-state index is -4.39. The van der Waals surface area contributed by atoms with Gasteiger partial charge >= 0.3 is 19.8 Å². The van der Waals surface area contributed by atoms with Crippen LogP contribution in [0.3, 0.4) is 0 Å². The van der Waals surface area contributed by atoms with Gasteiger partial charge < -0.3 is 18.9 Å². The van der Waals surface area contributed by atoms with Crippen LogP contribution in [-0.2, 0) is 32.7 Å². The average Bonchev–Trinajstić information content (AvgIpc) is 3.30. The van der Waals surface area contributed by atoms with Crippen LogP contribution in [0.15, 0.2) is 97.2 Å². The molecule has 0 aromatic heterocycles. The molecule has 10 heteroatoms. The van der Waals surface area contributed by atoms with Crippen molar-refractivity contribution in [2.45, 2.75) is 213 Å². The lowest BCUT2D eigenvalue weighted by Gasteiger charge is -2.24. The molecule has 0 saturated heterocycles. The lowest BCUT2D eigenvalue weighted by molar-refractivity contribution is -0.870. The topological polar surface area (TPSA) is 108 Å². The zero-order chi connectivity index (χ0) is 49.9. The highest BCUT2D eigenvalue weighted by molar-refractivity contribution is 7.47. The van der Waals surface area contributed by atoms with Crippen molar-refractivity contribution >= 4 is 19.8 Å². The van der Waals surface area contributed by atoms with E-state index >= 15 is 0 Å². The predicted octanol–water partition coefficient (Wildman–Crippen LogP) is 16.5. The zero-order valence-corrected chi connectivity index (χ0v) is 45.0. The maximum atomic E-state index is 12.8. The summed E-state index contributed by atoms with van der Waals surface area (Å²) in [6, 6.07) is 0. The number of phosphoric acid groups is 1. The summed E-state index contributed by atoms with van der Waals surface area (Å²) >= 11 is 0. The molecule has 390 valence electrons. The molecule has 0 saturated carbocycles. The number of hydrogen-bond acceptors (Lipinski definition) is 7. The van der Waals surface area contributed by atoms with Gasteiger partial charge in [0.15, 0.2) is 6.10 Å². The van der Waals surface area contributed by atoms with Gasteiger partial charge in [-0.3, -0.25) is 18.6 Å². The first-order chi connectivity index (χ1) is 33.0. The van der Waals surface area contributed by atoms with Gasteiger partial charge in [0.05, 0.1) is 27.7 Å². The lowest BCUT2D eigenvalue weighted by atomic mass is 10.0. The Morgan fingerprint density at radius 2 is 0.838 bits per heavy atom. The van der Waals surface area contributed by atoms with E-state index in [4.69, 9.17) is 18.5 Å². The number of likely N-dealkylation sites (N-methyl/N-ethyl adjacent to an activating group) is 1. The minimum absolute atomic E-state index is 0.0238. The molecule has 0 bridgehead atoms. The molecule has 0 spiro atoms. The second-order valence-corrected chi connectivity index (χ2v) is 20.3. The molecule has 0 aromatic rings. The highest BCUT2D eigenvalue weighted by Crippen LogP contribution is 2.43. The summed E-state index contributed by atoms with van der Waals surface area (Å²) < 4.78 is 34.5. The zero-order valence-electron chi connectivity index (χ0n) is 44.1. The monoisotopic (exact) mass is 971 g/mol. The summed E-state index contributed by atoms with van der Waals surface area (Å²) in [5, 5.41) is 0. The Hall–Kier alpha value is -3.07. The smallest absolute Gasteiger partial charge is 0.462 e. The van der Waals surface area contributed by atoms with Crippen molar-refractivity contribution in [3.05, 3.63) is 97.2 Å². The first-order valence-corrected chi connectivity index (χ1v) is 28.5.